The van der Waals surface area contributed by atoms with E-state index >= 15 is 0 Å². The molecule has 1 fully saturated rings. The Labute approximate surface area is 185 Å². The van der Waals surface area contributed by atoms with E-state index in [-0.39, 0.29) is 12.3 Å². The fourth-order valence-corrected chi connectivity index (χ4v) is 4.71. The van der Waals surface area contributed by atoms with Crippen molar-refractivity contribution in [2.24, 2.45) is 0 Å². The topological polar surface area (TPSA) is 105 Å². The van der Waals surface area contributed by atoms with E-state index in [1.165, 1.54) is 10.8 Å². The van der Waals surface area contributed by atoms with Gasteiger partial charge < -0.3 is 20.5 Å². The number of amides is 2. The van der Waals surface area contributed by atoms with E-state index in [0.29, 0.717) is 18.8 Å². The second-order valence-corrected chi connectivity index (χ2v) is 10.9. The largest absolute Gasteiger partial charge is 0.481 e. The Hall–Kier alpha value is -1.87. The molecule has 0 spiro atoms. The first-order valence-electron chi connectivity index (χ1n) is 9.93. The summed E-state index contributed by atoms with van der Waals surface area (Å²) in [4.78, 5) is 34.9. The molecule has 0 aliphatic heterocycles. The minimum atomic E-state index is -0.793. The van der Waals surface area contributed by atoms with Crippen LogP contribution in [0, 0.1) is 0 Å². The molecule has 2 amide bonds. The normalized spacial score (nSPS) is 14.6. The van der Waals surface area contributed by atoms with Gasteiger partial charge in [-0.15, -0.1) is 0 Å². The van der Waals surface area contributed by atoms with Crippen LogP contribution in [0.3, 0.4) is 0 Å². The molecule has 7 nitrogen and oxygen atoms in total. The Morgan fingerprint density at radius 2 is 1.70 bits per heavy atom. The molecule has 0 bridgehead atoms. The Morgan fingerprint density at radius 3 is 2.27 bits per heavy atom. The molecule has 3 N–H and O–H groups in total. The number of carboxylic acid groups (broad SMARTS) is 1. The number of carbonyl (C=O) groups excluding carboxylic acids is 2. The quantitative estimate of drug-likeness (QED) is 0.346. The third kappa shape index (κ3) is 8.10. The molecule has 0 unspecified atom stereocenters. The van der Waals surface area contributed by atoms with Crippen LogP contribution in [-0.2, 0) is 26.3 Å². The van der Waals surface area contributed by atoms with E-state index in [1.807, 2.05) is 45.0 Å². The smallest absolute Gasteiger partial charge is 0.407 e. The van der Waals surface area contributed by atoms with Crippen molar-refractivity contribution in [2.75, 3.05) is 18.1 Å². The molecule has 0 atom stereocenters. The molecule has 0 radical (unpaired) electrons. The first-order valence-corrected chi connectivity index (χ1v) is 12.4. The summed E-state index contributed by atoms with van der Waals surface area (Å²) in [6.07, 6.45) is 1.35. The van der Waals surface area contributed by atoms with E-state index in [2.05, 4.69) is 10.6 Å². The highest BCUT2D eigenvalue weighted by atomic mass is 33.1. The van der Waals surface area contributed by atoms with Gasteiger partial charge in [-0.25, -0.2) is 4.79 Å². The second kappa shape index (κ2) is 10.9. The van der Waals surface area contributed by atoms with Crippen molar-refractivity contribution >= 4 is 39.6 Å². The molecule has 0 aromatic heterocycles. The average molecular weight is 455 g/mol. The maximum Gasteiger partial charge on any atom is 0.407 e. The lowest BCUT2D eigenvalue weighted by Crippen LogP contribution is -2.36. The van der Waals surface area contributed by atoms with Gasteiger partial charge in [0.25, 0.3) is 0 Å². The highest BCUT2D eigenvalue weighted by Crippen LogP contribution is 2.48. The number of carbonyl (C=O) groups is 3. The molecule has 1 saturated carbocycles. The first kappa shape index (κ1) is 24.4. The lowest BCUT2D eigenvalue weighted by molar-refractivity contribution is -0.136. The summed E-state index contributed by atoms with van der Waals surface area (Å²) in [6, 6.07) is 7.76. The molecular formula is C21H30N2O5S2. The van der Waals surface area contributed by atoms with E-state index in [1.54, 1.807) is 10.8 Å². The second-order valence-electron chi connectivity index (χ2n) is 8.18. The Balaban J connectivity index is 1.75. The molecule has 1 aliphatic rings. The van der Waals surface area contributed by atoms with Gasteiger partial charge in [0.05, 0.1) is 11.8 Å². The summed E-state index contributed by atoms with van der Waals surface area (Å²) in [7, 11) is 3.08. The van der Waals surface area contributed by atoms with Gasteiger partial charge in [-0.3, -0.25) is 9.59 Å². The van der Waals surface area contributed by atoms with Crippen molar-refractivity contribution in [3.8, 4) is 0 Å². The number of benzene rings is 1. The Kier molecular flexibility index (Phi) is 8.91. The summed E-state index contributed by atoms with van der Waals surface area (Å²) in [6.45, 7) is 6.38. The number of alkyl carbamates (subject to hydrolysis) is 1. The fraction of sp³-hybridized carbons (Fsp3) is 0.571. The van der Waals surface area contributed by atoms with Crippen LogP contribution in [0.5, 0.6) is 0 Å². The van der Waals surface area contributed by atoms with Crippen LogP contribution >= 0.6 is 21.6 Å². The Bertz CT molecular complexity index is 743. The molecule has 0 heterocycles. The van der Waals surface area contributed by atoms with Crippen molar-refractivity contribution in [1.29, 1.82) is 0 Å². The van der Waals surface area contributed by atoms with Gasteiger partial charge in [0, 0.05) is 24.6 Å². The molecule has 1 aromatic rings. The molecule has 30 heavy (non-hydrogen) atoms. The predicted molar refractivity (Wildman–Crippen MR) is 121 cm³/mol. The van der Waals surface area contributed by atoms with Crippen molar-refractivity contribution < 1.29 is 24.2 Å². The summed E-state index contributed by atoms with van der Waals surface area (Å²) in [5.41, 5.74) is 0.952. The van der Waals surface area contributed by atoms with E-state index in [0.717, 1.165) is 29.7 Å². The van der Waals surface area contributed by atoms with Crippen LogP contribution in [-0.4, -0.2) is 46.7 Å². The summed E-state index contributed by atoms with van der Waals surface area (Å²) < 4.78 is 5.23. The minimum Gasteiger partial charge on any atom is -0.481 e. The van der Waals surface area contributed by atoms with Gasteiger partial charge in [-0.2, -0.15) is 0 Å². The maximum atomic E-state index is 12.7. The van der Waals surface area contributed by atoms with Gasteiger partial charge in [-0.1, -0.05) is 45.9 Å². The summed E-state index contributed by atoms with van der Waals surface area (Å²) >= 11 is 0. The van der Waals surface area contributed by atoms with Crippen molar-refractivity contribution in [1.82, 2.24) is 10.6 Å². The average Bonchev–Trinajstić information content (AvgIpc) is 3.46. The third-order valence-corrected chi connectivity index (χ3v) is 6.89. The number of ether oxygens (including phenoxy) is 1. The number of carboxylic acids is 1. The van der Waals surface area contributed by atoms with E-state index < -0.39 is 23.1 Å². The van der Waals surface area contributed by atoms with Gasteiger partial charge in [0.15, 0.2) is 0 Å². The van der Waals surface area contributed by atoms with Crippen molar-refractivity contribution in [3.63, 3.8) is 0 Å². The monoisotopic (exact) mass is 454 g/mol. The zero-order chi connectivity index (χ0) is 22.2. The molecule has 166 valence electrons. The lowest BCUT2D eigenvalue weighted by Gasteiger charge is -2.20. The van der Waals surface area contributed by atoms with E-state index in [9.17, 15) is 14.4 Å². The van der Waals surface area contributed by atoms with Gasteiger partial charge in [-0.05, 0) is 44.7 Å². The highest BCUT2D eigenvalue weighted by molar-refractivity contribution is 8.76. The summed E-state index contributed by atoms with van der Waals surface area (Å²) in [5, 5.41) is 14.3. The van der Waals surface area contributed by atoms with Crippen LogP contribution in [0.25, 0.3) is 0 Å². The van der Waals surface area contributed by atoms with Crippen molar-refractivity contribution in [3.05, 3.63) is 35.4 Å². The van der Waals surface area contributed by atoms with Crippen LogP contribution in [0.2, 0.25) is 0 Å². The molecular weight excluding hydrogens is 424 g/mol. The number of hydrogen-bond acceptors (Lipinski definition) is 6. The highest BCUT2D eigenvalue weighted by Gasteiger charge is 2.50. The summed E-state index contributed by atoms with van der Waals surface area (Å²) in [5.74, 6) is 0.547. The Morgan fingerprint density at radius 1 is 1.07 bits per heavy atom. The molecule has 1 aliphatic carbocycles. The van der Waals surface area contributed by atoms with Crippen LogP contribution in [0.1, 0.15) is 51.2 Å². The number of rotatable bonds is 11. The number of nitrogens with one attached hydrogen (secondary N) is 2. The number of aliphatic carboxylic acids is 1. The van der Waals surface area contributed by atoms with Crippen LogP contribution in [0.15, 0.2) is 24.3 Å². The van der Waals surface area contributed by atoms with Gasteiger partial charge in [0.2, 0.25) is 5.91 Å². The van der Waals surface area contributed by atoms with Crippen LogP contribution < -0.4 is 10.6 Å². The minimum absolute atomic E-state index is 0.0401. The zero-order valence-corrected chi connectivity index (χ0v) is 19.3. The third-order valence-electron chi connectivity index (χ3n) is 4.48. The fourth-order valence-electron chi connectivity index (χ4n) is 2.82. The van der Waals surface area contributed by atoms with E-state index in [4.69, 9.17) is 9.84 Å². The molecule has 0 saturated heterocycles. The van der Waals surface area contributed by atoms with Crippen molar-refractivity contribution in [2.45, 2.75) is 57.6 Å². The predicted octanol–water partition coefficient (Wildman–Crippen LogP) is 3.72. The lowest BCUT2D eigenvalue weighted by atomic mass is 9.94. The zero-order valence-electron chi connectivity index (χ0n) is 17.7. The van der Waals surface area contributed by atoms with Gasteiger partial charge >= 0.3 is 12.1 Å². The SMILES string of the molecule is CC(C)(C)OC(=O)NCc1ccc(C2(C(=O)NCCSSCCC(=O)O)CC2)cc1. The van der Waals surface area contributed by atoms with Crippen LogP contribution in [0.4, 0.5) is 4.79 Å². The first-order chi connectivity index (χ1) is 14.1. The molecule has 1 aromatic carbocycles. The maximum absolute atomic E-state index is 12.7. The van der Waals surface area contributed by atoms with Gasteiger partial charge in [0.1, 0.15) is 5.60 Å². The molecule has 2 rings (SSSR count). The standard InChI is InChI=1S/C21H30N2O5S2/c1-20(2,3)28-19(27)23-14-15-4-6-16(7-5-15)21(9-10-21)18(26)22-11-13-30-29-12-8-17(24)25/h4-7H,8-14H2,1-3H3,(H,22,26)(H,23,27)(H,24,25). The molecule has 9 heteroatoms. The number of hydrogen-bond donors (Lipinski definition) is 3.